The van der Waals surface area contributed by atoms with E-state index in [1.54, 1.807) is 84.9 Å². The second-order valence-corrected chi connectivity index (χ2v) is 16.1. The van der Waals surface area contributed by atoms with Crippen LogP contribution in [0, 0.1) is 0 Å². The zero-order chi connectivity index (χ0) is 48.0. The minimum atomic E-state index is -1.71. The van der Waals surface area contributed by atoms with Gasteiger partial charge in [0.2, 0.25) is 0 Å². The van der Waals surface area contributed by atoms with Crippen LogP contribution < -0.4 is 0 Å². The van der Waals surface area contributed by atoms with Crippen LogP contribution in [-0.4, -0.2) is 109 Å². The van der Waals surface area contributed by atoms with E-state index in [9.17, 15) is 29.4 Å². The molecule has 0 aromatic heterocycles. The summed E-state index contributed by atoms with van der Waals surface area (Å²) in [5.41, 5.74) is 2.13. The predicted octanol–water partition coefficient (Wildman–Crippen LogP) is 6.51. The van der Waals surface area contributed by atoms with E-state index in [0.717, 1.165) is 11.1 Å². The summed E-state index contributed by atoms with van der Waals surface area (Å²) in [6.07, 6.45) is -15.0. The Morgan fingerprint density at radius 2 is 0.783 bits per heavy atom. The Bertz CT molecular complexity index is 2550. The number of hydrogen-bond donors (Lipinski definition) is 2. The van der Waals surface area contributed by atoms with Crippen LogP contribution in [0.1, 0.15) is 52.6 Å². The van der Waals surface area contributed by atoms with Crippen LogP contribution in [0.2, 0.25) is 0 Å². The lowest BCUT2D eigenvalue weighted by molar-refractivity contribution is -0.332. The van der Waals surface area contributed by atoms with E-state index in [-0.39, 0.29) is 35.5 Å². The van der Waals surface area contributed by atoms with Crippen molar-refractivity contribution in [3.63, 3.8) is 0 Å². The second kappa shape index (κ2) is 23.8. The number of hydrogen-bond acceptors (Lipinski definition) is 15. The van der Waals surface area contributed by atoms with Gasteiger partial charge in [-0.2, -0.15) is 0 Å². The molecule has 0 radical (unpaired) electrons. The fraction of sp³-hybridized carbons (Fsp3) is 0.259. The van der Waals surface area contributed by atoms with E-state index in [1.807, 2.05) is 60.7 Å². The first-order valence-corrected chi connectivity index (χ1v) is 22.3. The molecule has 0 amide bonds. The Labute approximate surface area is 398 Å². The molecule has 6 aromatic carbocycles. The van der Waals surface area contributed by atoms with Gasteiger partial charge in [0.25, 0.3) is 0 Å². The van der Waals surface area contributed by atoms with Gasteiger partial charge in [-0.3, -0.25) is 0 Å². The van der Waals surface area contributed by atoms with Crippen molar-refractivity contribution in [2.24, 2.45) is 0 Å². The van der Waals surface area contributed by atoms with Gasteiger partial charge in [-0.05, 0) is 59.7 Å². The van der Waals surface area contributed by atoms with Gasteiger partial charge in [-0.1, -0.05) is 133 Å². The Hall–Kier alpha value is -7.08. The van der Waals surface area contributed by atoms with E-state index in [2.05, 4.69) is 0 Å². The lowest BCUT2D eigenvalue weighted by atomic mass is 9.97. The van der Waals surface area contributed by atoms with Crippen LogP contribution in [0.15, 0.2) is 182 Å². The van der Waals surface area contributed by atoms with Gasteiger partial charge in [0.15, 0.2) is 30.9 Å². The molecule has 10 atom stereocenters. The van der Waals surface area contributed by atoms with Crippen LogP contribution in [0.25, 0.3) is 0 Å². The number of aliphatic hydroxyl groups excluding tert-OH is 2. The maximum atomic E-state index is 14.1. The van der Waals surface area contributed by atoms with E-state index in [0.29, 0.717) is 0 Å². The molecule has 2 heterocycles. The molecule has 6 aromatic rings. The molecule has 69 heavy (non-hydrogen) atoms. The molecule has 0 bridgehead atoms. The molecular weight excluding hydrogens is 889 g/mol. The molecule has 2 N–H and O–H groups in total. The summed E-state index contributed by atoms with van der Waals surface area (Å²) in [6, 6.07) is 50.5. The predicted molar refractivity (Wildman–Crippen MR) is 245 cm³/mol. The lowest BCUT2D eigenvalue weighted by Crippen LogP contribution is -2.64. The molecule has 15 nitrogen and oxygen atoms in total. The van der Waals surface area contributed by atoms with Crippen molar-refractivity contribution < 1.29 is 72.0 Å². The number of esters is 4. The third-order valence-electron chi connectivity index (χ3n) is 11.4. The van der Waals surface area contributed by atoms with Crippen LogP contribution in [0.4, 0.5) is 0 Å². The van der Waals surface area contributed by atoms with Crippen molar-refractivity contribution in [3.8, 4) is 0 Å². The molecule has 0 aliphatic carbocycles. The maximum absolute atomic E-state index is 14.1. The number of carbonyl (C=O) groups excluding carboxylic acids is 4. The first-order chi connectivity index (χ1) is 33.7. The summed E-state index contributed by atoms with van der Waals surface area (Å²) in [6.45, 7) is -1.04. The maximum Gasteiger partial charge on any atom is 0.338 e. The minimum absolute atomic E-state index is 0.0399. The summed E-state index contributed by atoms with van der Waals surface area (Å²) in [5, 5.41) is 23.5. The van der Waals surface area contributed by atoms with Crippen molar-refractivity contribution >= 4 is 23.9 Å². The van der Waals surface area contributed by atoms with Crippen LogP contribution in [-0.2, 0) is 55.8 Å². The SMILES string of the molecule is O=C(OC[C@H]1O[C@@H](OC[C@H]2O[C@H](O)[C@H](OCc3ccccc3)[C@@H](OCc3ccccc3)[C@@H]2O)[C@H](OC(=O)c2ccccc2)[C@@H](OC(=O)c2ccccc2)[C@@H]1OC(=O)c1ccccc1)c1ccccc1. The monoisotopic (exact) mass is 938 g/mol. The van der Waals surface area contributed by atoms with E-state index in [1.165, 1.54) is 36.4 Å². The highest BCUT2D eigenvalue weighted by Crippen LogP contribution is 2.34. The van der Waals surface area contributed by atoms with Gasteiger partial charge >= 0.3 is 23.9 Å². The van der Waals surface area contributed by atoms with Crippen LogP contribution in [0.5, 0.6) is 0 Å². The zero-order valence-electron chi connectivity index (χ0n) is 37.1. The molecule has 8 rings (SSSR count). The molecule has 0 saturated carbocycles. The highest BCUT2D eigenvalue weighted by Gasteiger charge is 2.55. The summed E-state index contributed by atoms with van der Waals surface area (Å²) < 4.78 is 55.4. The number of rotatable bonds is 18. The Morgan fingerprint density at radius 1 is 0.391 bits per heavy atom. The zero-order valence-corrected chi connectivity index (χ0v) is 37.1. The molecular formula is C54H50O15. The smallest absolute Gasteiger partial charge is 0.338 e. The molecule has 15 heteroatoms. The molecule has 2 aliphatic heterocycles. The quantitative estimate of drug-likeness (QED) is 0.0700. The average molecular weight is 939 g/mol. The highest BCUT2D eigenvalue weighted by atomic mass is 16.7. The van der Waals surface area contributed by atoms with Crippen molar-refractivity contribution in [2.45, 2.75) is 74.6 Å². The lowest BCUT2D eigenvalue weighted by Gasteiger charge is -2.45. The normalized spacial score (nSPS) is 24.3. The standard InChI is InChI=1S/C54H50O15/c55-43-41(65-53(60)47(62-32-36-21-9-2-10-22-36)45(43)61-31-35-19-7-1-8-20-35)33-64-54-48(69-52(59)40-29-17-6-18-30-40)46(68-51(58)39-27-15-5-16-28-39)44(67-50(57)38-25-13-4-14-26-38)42(66-54)34-63-49(56)37-23-11-3-12-24-37/h1-30,41-48,53-55,60H,31-34H2/t41-,42-,43-,44-,45+,46+,47-,48-,53+,54-/m1/s1. The molecule has 356 valence electrons. The third kappa shape index (κ3) is 12.7. The first kappa shape index (κ1) is 48.4. The summed E-state index contributed by atoms with van der Waals surface area (Å²) >= 11 is 0. The number of aliphatic hydroxyl groups is 2. The Kier molecular flexibility index (Phi) is 16.7. The number of ether oxygens (including phenoxy) is 9. The molecule has 2 fully saturated rings. The summed E-state index contributed by atoms with van der Waals surface area (Å²) in [4.78, 5) is 55.4. The van der Waals surface area contributed by atoms with Crippen molar-refractivity contribution in [1.82, 2.24) is 0 Å². The highest BCUT2D eigenvalue weighted by molar-refractivity contribution is 5.91. The third-order valence-corrected chi connectivity index (χ3v) is 11.4. The first-order valence-electron chi connectivity index (χ1n) is 22.3. The largest absolute Gasteiger partial charge is 0.459 e. The second-order valence-electron chi connectivity index (χ2n) is 16.1. The van der Waals surface area contributed by atoms with Gasteiger partial charge in [0, 0.05) is 0 Å². The molecule has 0 unspecified atom stereocenters. The fourth-order valence-corrected chi connectivity index (χ4v) is 7.80. The number of carbonyl (C=O) groups is 4. The van der Waals surface area contributed by atoms with Gasteiger partial charge in [-0.15, -0.1) is 0 Å². The number of benzene rings is 6. The summed E-state index contributed by atoms with van der Waals surface area (Å²) in [5.74, 6) is -3.40. The van der Waals surface area contributed by atoms with Gasteiger partial charge in [0.05, 0.1) is 42.1 Å². The van der Waals surface area contributed by atoms with Gasteiger partial charge < -0.3 is 52.8 Å². The molecule has 0 spiro atoms. The van der Waals surface area contributed by atoms with Crippen molar-refractivity contribution in [3.05, 3.63) is 215 Å². The molecule has 2 aliphatic rings. The molecule has 2 saturated heterocycles. The topological polar surface area (TPSA) is 192 Å². The van der Waals surface area contributed by atoms with Gasteiger partial charge in [0.1, 0.15) is 37.1 Å². The van der Waals surface area contributed by atoms with Gasteiger partial charge in [-0.25, -0.2) is 19.2 Å². The van der Waals surface area contributed by atoms with E-state index in [4.69, 9.17) is 42.6 Å². The average Bonchev–Trinajstić information content (AvgIpc) is 3.40. The van der Waals surface area contributed by atoms with E-state index >= 15 is 0 Å². The summed E-state index contributed by atoms with van der Waals surface area (Å²) in [7, 11) is 0. The van der Waals surface area contributed by atoms with E-state index < -0.39 is 98.5 Å². The Morgan fingerprint density at radius 3 is 1.25 bits per heavy atom. The Balaban J connectivity index is 1.13. The van der Waals surface area contributed by atoms with Crippen molar-refractivity contribution in [2.75, 3.05) is 13.2 Å². The van der Waals surface area contributed by atoms with Crippen LogP contribution >= 0.6 is 0 Å². The fourth-order valence-electron chi connectivity index (χ4n) is 7.80. The minimum Gasteiger partial charge on any atom is -0.459 e. The van der Waals surface area contributed by atoms with Crippen LogP contribution in [0.3, 0.4) is 0 Å². The van der Waals surface area contributed by atoms with Crippen molar-refractivity contribution in [1.29, 1.82) is 0 Å².